The van der Waals surface area contributed by atoms with Crippen molar-refractivity contribution in [1.82, 2.24) is 0 Å². The van der Waals surface area contributed by atoms with E-state index in [1.54, 1.807) is 11.3 Å². The number of rotatable bonds is 15. The molecule has 3 aromatic rings. The minimum atomic E-state index is -0.117. The molecule has 0 unspecified atom stereocenters. The summed E-state index contributed by atoms with van der Waals surface area (Å²) < 4.78 is 13.3. The van der Waals surface area contributed by atoms with Crippen molar-refractivity contribution in [1.29, 1.82) is 5.26 Å². The maximum Gasteiger partial charge on any atom is 0.306 e. The number of thiophene rings is 1. The van der Waals surface area contributed by atoms with E-state index in [1.165, 1.54) is 32.1 Å². The van der Waals surface area contributed by atoms with Crippen molar-refractivity contribution in [2.45, 2.75) is 64.4 Å². The highest BCUT2D eigenvalue weighted by atomic mass is 79.9. The predicted molar refractivity (Wildman–Crippen MR) is 153 cm³/mol. The standard InChI is InChI=1S/C29H31Br2NO3S/c30-27-19-25(29(31)36-27)21-35-28(33)9-7-5-3-1-2-4-6-8-18-34-26-16-14-24(15-17-26)23-12-10-22(20-32)11-13-23/h10-17,19H,1-9,18,21H2. The summed E-state index contributed by atoms with van der Waals surface area (Å²) in [6.45, 7) is 1.06. The number of carbonyl (C=O) groups is 1. The lowest BCUT2D eigenvalue weighted by Gasteiger charge is -2.08. The van der Waals surface area contributed by atoms with Crippen LogP contribution in [0.1, 0.15) is 68.9 Å². The van der Waals surface area contributed by atoms with Gasteiger partial charge in [0.25, 0.3) is 0 Å². The average Bonchev–Trinajstić information content (AvgIpc) is 3.23. The Kier molecular flexibility index (Phi) is 12.5. The minimum absolute atomic E-state index is 0.117. The van der Waals surface area contributed by atoms with Gasteiger partial charge in [-0.2, -0.15) is 5.26 Å². The minimum Gasteiger partial charge on any atom is -0.494 e. The molecule has 1 heterocycles. The third-order valence-corrected chi connectivity index (χ3v) is 8.33. The maximum absolute atomic E-state index is 11.9. The van der Waals surface area contributed by atoms with Crippen LogP contribution in [0.2, 0.25) is 0 Å². The molecule has 190 valence electrons. The summed E-state index contributed by atoms with van der Waals surface area (Å²) in [7, 11) is 0. The molecular weight excluding hydrogens is 602 g/mol. The number of carbonyl (C=O) groups excluding carboxylic acids is 1. The van der Waals surface area contributed by atoms with E-state index in [4.69, 9.17) is 14.7 Å². The summed E-state index contributed by atoms with van der Waals surface area (Å²) in [6.07, 6.45) is 9.51. The molecule has 0 aliphatic heterocycles. The number of esters is 1. The molecule has 0 radical (unpaired) electrons. The zero-order valence-corrected chi connectivity index (χ0v) is 24.3. The highest BCUT2D eigenvalue weighted by Crippen LogP contribution is 2.32. The summed E-state index contributed by atoms with van der Waals surface area (Å²) >= 11 is 8.50. The third kappa shape index (κ3) is 10.1. The van der Waals surface area contributed by atoms with Gasteiger partial charge in [-0.1, -0.05) is 62.8 Å². The first-order valence-electron chi connectivity index (χ1n) is 12.4. The first kappa shape index (κ1) is 28.4. The van der Waals surface area contributed by atoms with E-state index in [0.29, 0.717) is 18.6 Å². The van der Waals surface area contributed by atoms with Crippen molar-refractivity contribution in [3.63, 3.8) is 0 Å². The first-order chi connectivity index (χ1) is 17.5. The molecule has 2 aromatic carbocycles. The maximum atomic E-state index is 11.9. The molecule has 4 nitrogen and oxygen atoms in total. The van der Waals surface area contributed by atoms with E-state index in [9.17, 15) is 4.79 Å². The first-order valence-corrected chi connectivity index (χ1v) is 14.8. The van der Waals surface area contributed by atoms with Gasteiger partial charge in [-0.05, 0) is 86.2 Å². The molecule has 0 aliphatic carbocycles. The lowest BCUT2D eigenvalue weighted by atomic mass is 10.0. The van der Waals surface area contributed by atoms with Crippen molar-refractivity contribution >= 4 is 49.2 Å². The van der Waals surface area contributed by atoms with Crippen LogP contribution in [0.25, 0.3) is 11.1 Å². The fraction of sp³-hybridized carbons (Fsp3) is 0.379. The zero-order valence-electron chi connectivity index (χ0n) is 20.3. The van der Waals surface area contributed by atoms with Gasteiger partial charge in [0, 0.05) is 12.0 Å². The molecular formula is C29H31Br2NO3S. The van der Waals surface area contributed by atoms with E-state index < -0.39 is 0 Å². The van der Waals surface area contributed by atoms with Gasteiger partial charge < -0.3 is 9.47 Å². The molecule has 7 heteroatoms. The molecule has 0 atom stereocenters. The molecule has 0 saturated heterocycles. The molecule has 36 heavy (non-hydrogen) atoms. The van der Waals surface area contributed by atoms with Crippen molar-refractivity contribution in [3.05, 3.63) is 73.3 Å². The summed E-state index contributed by atoms with van der Waals surface area (Å²) in [5.41, 5.74) is 3.88. The normalized spacial score (nSPS) is 10.7. The van der Waals surface area contributed by atoms with Crippen LogP contribution in [0, 0.1) is 11.3 Å². The van der Waals surface area contributed by atoms with E-state index >= 15 is 0 Å². The Morgan fingerprint density at radius 1 is 0.833 bits per heavy atom. The zero-order chi connectivity index (χ0) is 25.6. The van der Waals surface area contributed by atoms with Gasteiger partial charge >= 0.3 is 5.97 Å². The van der Waals surface area contributed by atoms with Crippen LogP contribution in [0.15, 0.2) is 62.2 Å². The summed E-state index contributed by atoms with van der Waals surface area (Å²) in [5, 5.41) is 8.91. The summed E-state index contributed by atoms with van der Waals surface area (Å²) in [4.78, 5) is 11.9. The molecule has 3 rings (SSSR count). The fourth-order valence-corrected chi connectivity index (χ4v) is 6.59. The Hall–Kier alpha value is -2.14. The summed E-state index contributed by atoms with van der Waals surface area (Å²) in [5.74, 6) is 0.773. The second-order valence-corrected chi connectivity index (χ2v) is 12.4. The molecule has 0 aliphatic rings. The highest BCUT2D eigenvalue weighted by Gasteiger charge is 2.09. The second kappa shape index (κ2) is 15.9. The number of nitrogens with zero attached hydrogens (tertiary/aromatic N) is 1. The monoisotopic (exact) mass is 631 g/mol. The van der Waals surface area contributed by atoms with Gasteiger partial charge in [-0.25, -0.2) is 0 Å². The number of benzene rings is 2. The second-order valence-electron chi connectivity index (χ2n) is 8.65. The van der Waals surface area contributed by atoms with Crippen LogP contribution in [-0.2, 0) is 16.1 Å². The number of halogens is 2. The van der Waals surface area contributed by atoms with Crippen molar-refractivity contribution < 1.29 is 14.3 Å². The van der Waals surface area contributed by atoms with Crippen molar-refractivity contribution in [2.75, 3.05) is 6.61 Å². The van der Waals surface area contributed by atoms with Crippen LogP contribution < -0.4 is 4.74 Å². The molecule has 0 saturated carbocycles. The van der Waals surface area contributed by atoms with E-state index in [2.05, 4.69) is 50.1 Å². The summed E-state index contributed by atoms with van der Waals surface area (Å²) in [6, 6.07) is 19.8. The Morgan fingerprint density at radius 3 is 2.00 bits per heavy atom. The van der Waals surface area contributed by atoms with Gasteiger partial charge in [0.2, 0.25) is 0 Å². The quantitative estimate of drug-likeness (QED) is 0.124. The predicted octanol–water partition coefficient (Wildman–Crippen LogP) is 9.44. The van der Waals surface area contributed by atoms with Crippen molar-refractivity contribution in [3.8, 4) is 22.9 Å². The van der Waals surface area contributed by atoms with Crippen LogP contribution in [0.4, 0.5) is 0 Å². The Morgan fingerprint density at radius 2 is 1.42 bits per heavy atom. The van der Waals surface area contributed by atoms with Crippen LogP contribution in [0.3, 0.4) is 0 Å². The van der Waals surface area contributed by atoms with Gasteiger partial charge in [0.05, 0.1) is 25.8 Å². The third-order valence-electron chi connectivity index (χ3n) is 5.86. The lowest BCUT2D eigenvalue weighted by Crippen LogP contribution is -2.04. The van der Waals surface area contributed by atoms with Gasteiger partial charge in [-0.3, -0.25) is 4.79 Å². The number of hydrogen-bond acceptors (Lipinski definition) is 5. The number of nitriles is 1. The van der Waals surface area contributed by atoms with E-state index in [1.807, 2.05) is 42.5 Å². The molecule has 0 spiro atoms. The Bertz CT molecular complexity index is 1120. The van der Waals surface area contributed by atoms with Gasteiger partial charge in [-0.15, -0.1) is 11.3 Å². The smallest absolute Gasteiger partial charge is 0.306 e. The molecule has 0 bridgehead atoms. The van der Waals surface area contributed by atoms with E-state index in [0.717, 1.165) is 55.9 Å². The number of unbranched alkanes of at least 4 members (excludes halogenated alkanes) is 7. The lowest BCUT2D eigenvalue weighted by molar-refractivity contribution is -0.145. The molecule has 0 amide bonds. The highest BCUT2D eigenvalue weighted by molar-refractivity contribution is 9.12. The number of ether oxygens (including phenoxy) is 2. The Labute approximate surface area is 234 Å². The molecule has 0 fully saturated rings. The molecule has 0 N–H and O–H groups in total. The number of hydrogen-bond donors (Lipinski definition) is 0. The van der Waals surface area contributed by atoms with Gasteiger partial charge in [0.1, 0.15) is 12.4 Å². The Balaban J connectivity index is 1.15. The van der Waals surface area contributed by atoms with Crippen molar-refractivity contribution in [2.24, 2.45) is 0 Å². The van der Waals surface area contributed by atoms with Gasteiger partial charge in [0.15, 0.2) is 0 Å². The fourth-order valence-electron chi connectivity index (χ4n) is 3.81. The van der Waals surface area contributed by atoms with Crippen LogP contribution in [-0.4, -0.2) is 12.6 Å². The van der Waals surface area contributed by atoms with Crippen LogP contribution in [0.5, 0.6) is 5.75 Å². The van der Waals surface area contributed by atoms with Crippen LogP contribution >= 0.6 is 43.2 Å². The SMILES string of the molecule is N#Cc1ccc(-c2ccc(OCCCCCCCCCCC(=O)OCc3cc(Br)sc3Br)cc2)cc1. The topological polar surface area (TPSA) is 59.3 Å². The van der Waals surface area contributed by atoms with E-state index in [-0.39, 0.29) is 5.97 Å². The average molecular weight is 633 g/mol. The largest absolute Gasteiger partial charge is 0.494 e. The molecule has 1 aromatic heterocycles.